The maximum Gasteiger partial charge on any atom is 0.258 e. The van der Waals surface area contributed by atoms with Gasteiger partial charge in [0.1, 0.15) is 5.66 Å². The summed E-state index contributed by atoms with van der Waals surface area (Å²) < 4.78 is 0. The molecule has 0 radical (unpaired) electrons. The first-order chi connectivity index (χ1) is 13.8. The highest BCUT2D eigenvalue weighted by atomic mass is 16.2. The van der Waals surface area contributed by atoms with Crippen molar-refractivity contribution >= 4 is 11.6 Å². The van der Waals surface area contributed by atoms with E-state index in [9.17, 15) is 4.79 Å². The van der Waals surface area contributed by atoms with Gasteiger partial charge in [0, 0.05) is 17.8 Å². The van der Waals surface area contributed by atoms with Gasteiger partial charge in [0.15, 0.2) is 0 Å². The minimum Gasteiger partial charge on any atom is -0.358 e. The summed E-state index contributed by atoms with van der Waals surface area (Å²) in [6.07, 6.45) is 3.92. The third-order valence-electron chi connectivity index (χ3n) is 6.12. The van der Waals surface area contributed by atoms with Crippen molar-refractivity contribution in [3.05, 3.63) is 101 Å². The molecule has 3 aromatic carbocycles. The van der Waals surface area contributed by atoms with Crippen LogP contribution in [0.25, 0.3) is 0 Å². The summed E-state index contributed by atoms with van der Waals surface area (Å²) in [5.41, 5.74) is 5.10. The van der Waals surface area contributed by atoms with Crippen molar-refractivity contribution in [3.8, 4) is 0 Å². The predicted octanol–water partition coefficient (Wildman–Crippen LogP) is 4.99. The highest BCUT2D eigenvalue weighted by molar-refractivity contribution is 6.02. The summed E-state index contributed by atoms with van der Waals surface area (Å²) in [4.78, 5) is 15.7. The van der Waals surface area contributed by atoms with Gasteiger partial charge < -0.3 is 10.2 Å². The van der Waals surface area contributed by atoms with E-state index in [2.05, 4.69) is 58.7 Å². The number of benzene rings is 3. The van der Waals surface area contributed by atoms with Crippen LogP contribution in [0.15, 0.2) is 78.9 Å². The van der Waals surface area contributed by atoms with Gasteiger partial charge in [0.2, 0.25) is 0 Å². The van der Waals surface area contributed by atoms with Crippen molar-refractivity contribution in [2.75, 3.05) is 11.9 Å². The van der Waals surface area contributed by atoms with Crippen LogP contribution >= 0.6 is 0 Å². The molecular formula is C25H24N2O. The van der Waals surface area contributed by atoms with Crippen LogP contribution in [0.2, 0.25) is 0 Å². The van der Waals surface area contributed by atoms with Crippen LogP contribution in [0.3, 0.4) is 0 Å². The van der Waals surface area contributed by atoms with Crippen LogP contribution in [0.5, 0.6) is 0 Å². The molecule has 140 valence electrons. The van der Waals surface area contributed by atoms with Gasteiger partial charge >= 0.3 is 0 Å². The summed E-state index contributed by atoms with van der Waals surface area (Å²) in [5.74, 6) is 0.127. The van der Waals surface area contributed by atoms with E-state index >= 15 is 0 Å². The fraction of sp³-hybridized carbons (Fsp3) is 0.240. The van der Waals surface area contributed by atoms with Gasteiger partial charge in [-0.1, -0.05) is 66.7 Å². The number of fused-ring (bicyclic) bond motifs is 3. The summed E-state index contributed by atoms with van der Waals surface area (Å²) in [6, 6.07) is 26.9. The number of carbonyl (C=O) groups is 1. The maximum atomic E-state index is 13.6. The van der Waals surface area contributed by atoms with Crippen molar-refractivity contribution < 1.29 is 4.79 Å². The number of nitrogens with one attached hydrogen (secondary N) is 1. The molecule has 3 heteroatoms. The van der Waals surface area contributed by atoms with E-state index in [0.29, 0.717) is 6.54 Å². The van der Waals surface area contributed by atoms with E-state index < -0.39 is 5.66 Å². The molecule has 28 heavy (non-hydrogen) atoms. The van der Waals surface area contributed by atoms with Crippen molar-refractivity contribution in [2.24, 2.45) is 0 Å². The quantitative estimate of drug-likeness (QED) is 0.707. The Bertz CT molecular complexity index is 1010. The fourth-order valence-electron chi connectivity index (χ4n) is 4.79. The second kappa shape index (κ2) is 6.83. The van der Waals surface area contributed by atoms with Crippen LogP contribution < -0.4 is 5.32 Å². The van der Waals surface area contributed by atoms with E-state index in [0.717, 1.165) is 36.9 Å². The van der Waals surface area contributed by atoms with Gasteiger partial charge in [-0.3, -0.25) is 4.79 Å². The minimum absolute atomic E-state index is 0.127. The number of rotatable bonds is 3. The van der Waals surface area contributed by atoms with E-state index in [1.807, 2.05) is 30.3 Å². The SMILES string of the molecule is O=C1c2ccccc2NC2(CCCc3ccccc32)N1CCc1ccccc1. The minimum atomic E-state index is -0.463. The molecule has 1 aliphatic carbocycles. The van der Waals surface area contributed by atoms with E-state index in [1.54, 1.807) is 0 Å². The molecular weight excluding hydrogens is 344 g/mol. The zero-order valence-electron chi connectivity index (χ0n) is 15.9. The summed E-state index contributed by atoms with van der Waals surface area (Å²) in [5, 5.41) is 3.79. The molecule has 1 heterocycles. The third-order valence-corrected chi connectivity index (χ3v) is 6.12. The lowest BCUT2D eigenvalue weighted by Gasteiger charge is -2.51. The van der Waals surface area contributed by atoms with Gasteiger partial charge in [-0.25, -0.2) is 0 Å². The van der Waals surface area contributed by atoms with Crippen LogP contribution in [0.1, 0.15) is 39.9 Å². The molecule has 1 aliphatic heterocycles. The standard InChI is InChI=1S/C25H24N2O/c28-24-21-13-5-7-15-23(21)26-25(17-8-12-20-11-4-6-14-22(20)25)27(24)18-16-19-9-2-1-3-10-19/h1-7,9-11,13-15,26H,8,12,16-18H2. The number of aryl methyl sites for hydroxylation is 1. The van der Waals surface area contributed by atoms with E-state index in [1.165, 1.54) is 16.7 Å². The van der Waals surface area contributed by atoms with Crippen LogP contribution in [-0.4, -0.2) is 17.4 Å². The van der Waals surface area contributed by atoms with Crippen molar-refractivity contribution in [1.29, 1.82) is 0 Å². The van der Waals surface area contributed by atoms with Crippen molar-refractivity contribution in [2.45, 2.75) is 31.3 Å². The zero-order chi connectivity index (χ0) is 19.0. The molecule has 0 aromatic heterocycles. The highest BCUT2D eigenvalue weighted by Crippen LogP contribution is 2.45. The van der Waals surface area contributed by atoms with Gasteiger partial charge in [-0.05, 0) is 48.9 Å². The molecule has 0 bridgehead atoms. The number of amides is 1. The average molecular weight is 368 g/mol. The lowest BCUT2D eigenvalue weighted by Crippen LogP contribution is -2.59. The molecule has 1 unspecified atom stereocenters. The molecule has 1 atom stereocenters. The molecule has 3 nitrogen and oxygen atoms in total. The lowest BCUT2D eigenvalue weighted by molar-refractivity contribution is 0.0452. The number of para-hydroxylation sites is 1. The van der Waals surface area contributed by atoms with Crippen molar-refractivity contribution in [1.82, 2.24) is 4.90 Å². The van der Waals surface area contributed by atoms with E-state index in [4.69, 9.17) is 0 Å². The highest BCUT2D eigenvalue weighted by Gasteiger charge is 2.47. The molecule has 2 aliphatic rings. The smallest absolute Gasteiger partial charge is 0.258 e. The maximum absolute atomic E-state index is 13.6. The second-order valence-electron chi connectivity index (χ2n) is 7.73. The number of hydrogen-bond donors (Lipinski definition) is 1. The first-order valence-corrected chi connectivity index (χ1v) is 10.1. The Morgan fingerprint density at radius 2 is 1.64 bits per heavy atom. The summed E-state index contributed by atoms with van der Waals surface area (Å²) in [7, 11) is 0. The molecule has 1 N–H and O–H groups in total. The van der Waals surface area contributed by atoms with Crippen molar-refractivity contribution in [3.63, 3.8) is 0 Å². The van der Waals surface area contributed by atoms with E-state index in [-0.39, 0.29) is 5.91 Å². The monoisotopic (exact) mass is 368 g/mol. The van der Waals surface area contributed by atoms with Gasteiger partial charge in [-0.15, -0.1) is 0 Å². The average Bonchev–Trinajstić information content (AvgIpc) is 2.75. The largest absolute Gasteiger partial charge is 0.358 e. The molecule has 0 fully saturated rings. The fourth-order valence-corrected chi connectivity index (χ4v) is 4.79. The molecule has 5 rings (SSSR count). The topological polar surface area (TPSA) is 32.3 Å². The Morgan fingerprint density at radius 3 is 2.54 bits per heavy atom. The van der Waals surface area contributed by atoms with Crippen LogP contribution in [-0.2, 0) is 18.5 Å². The van der Waals surface area contributed by atoms with Crippen LogP contribution in [0, 0.1) is 0 Å². The molecule has 3 aromatic rings. The van der Waals surface area contributed by atoms with Gasteiger partial charge in [0.25, 0.3) is 5.91 Å². The Balaban J connectivity index is 1.60. The Labute approximate surface area is 166 Å². The third kappa shape index (κ3) is 2.70. The van der Waals surface area contributed by atoms with Gasteiger partial charge in [-0.2, -0.15) is 0 Å². The second-order valence-corrected chi connectivity index (χ2v) is 7.73. The first kappa shape index (κ1) is 17.1. The molecule has 1 spiro atoms. The Kier molecular flexibility index (Phi) is 4.16. The van der Waals surface area contributed by atoms with Gasteiger partial charge in [0.05, 0.1) is 5.56 Å². The predicted molar refractivity (Wildman–Crippen MR) is 112 cm³/mol. The zero-order valence-corrected chi connectivity index (χ0v) is 15.9. The molecule has 1 amide bonds. The number of anilines is 1. The van der Waals surface area contributed by atoms with Crippen LogP contribution in [0.4, 0.5) is 5.69 Å². The number of carbonyl (C=O) groups excluding carboxylic acids is 1. The lowest BCUT2D eigenvalue weighted by atomic mass is 9.79. The normalized spacial score (nSPS) is 20.4. The number of nitrogens with zero attached hydrogens (tertiary/aromatic N) is 1. The molecule has 0 saturated heterocycles. The summed E-state index contributed by atoms with van der Waals surface area (Å²) >= 11 is 0. The Morgan fingerprint density at radius 1 is 0.893 bits per heavy atom. The molecule has 0 saturated carbocycles. The first-order valence-electron chi connectivity index (χ1n) is 10.1. The Hall–Kier alpha value is -3.07. The summed E-state index contributed by atoms with van der Waals surface area (Å²) in [6.45, 7) is 0.693. The number of hydrogen-bond acceptors (Lipinski definition) is 2.